The minimum absolute atomic E-state index is 0.179. The van der Waals surface area contributed by atoms with Crippen LogP contribution in [0.3, 0.4) is 0 Å². The van der Waals surface area contributed by atoms with Crippen LogP contribution in [0, 0.1) is 0 Å². The fraction of sp³-hybridized carbons (Fsp3) is 0.462. The van der Waals surface area contributed by atoms with Gasteiger partial charge in [0.2, 0.25) is 0 Å². The van der Waals surface area contributed by atoms with Crippen molar-refractivity contribution < 1.29 is 9.90 Å². The van der Waals surface area contributed by atoms with Crippen molar-refractivity contribution in [2.75, 3.05) is 11.4 Å². The zero-order valence-electron chi connectivity index (χ0n) is 11.2. The molecule has 0 atom stereocenters. The largest absolute Gasteiger partial charge is 0.481 e. The Labute approximate surface area is 111 Å². The Balaban J connectivity index is 2.15. The topological polar surface area (TPSA) is 70.7 Å². The minimum Gasteiger partial charge on any atom is -0.481 e. The molecule has 0 unspecified atom stereocenters. The van der Waals surface area contributed by atoms with E-state index in [-0.39, 0.29) is 12.5 Å². The molecule has 2 aromatic rings. The summed E-state index contributed by atoms with van der Waals surface area (Å²) in [6.07, 6.45) is 4.36. The molecule has 0 spiro atoms. The maximum atomic E-state index is 10.6. The number of anilines is 1. The average Bonchev–Trinajstić information content (AvgIpc) is 2.80. The van der Waals surface area contributed by atoms with E-state index in [0.717, 1.165) is 11.5 Å². The third kappa shape index (κ3) is 3.21. The highest BCUT2D eigenvalue weighted by atomic mass is 16.4. The molecule has 19 heavy (non-hydrogen) atoms. The summed E-state index contributed by atoms with van der Waals surface area (Å²) in [5.41, 5.74) is 0.793. The van der Waals surface area contributed by atoms with Gasteiger partial charge in [0.1, 0.15) is 5.82 Å². The lowest BCUT2D eigenvalue weighted by Gasteiger charge is -2.27. The van der Waals surface area contributed by atoms with Gasteiger partial charge in [-0.25, -0.2) is 9.50 Å². The Bertz CT molecular complexity index is 565. The average molecular weight is 262 g/mol. The molecule has 2 heterocycles. The van der Waals surface area contributed by atoms with Crippen molar-refractivity contribution in [3.05, 3.63) is 24.5 Å². The summed E-state index contributed by atoms with van der Waals surface area (Å²) in [5, 5.41) is 12.8. The van der Waals surface area contributed by atoms with Crippen LogP contribution in [-0.4, -0.2) is 38.3 Å². The van der Waals surface area contributed by atoms with Crippen LogP contribution >= 0.6 is 0 Å². The summed E-state index contributed by atoms with van der Waals surface area (Å²) in [4.78, 5) is 17.2. The molecule has 2 aromatic heterocycles. The number of rotatable bonds is 6. The lowest BCUT2D eigenvalue weighted by molar-refractivity contribution is -0.137. The van der Waals surface area contributed by atoms with E-state index < -0.39 is 5.97 Å². The summed E-state index contributed by atoms with van der Waals surface area (Å²) in [6.45, 7) is 4.83. The van der Waals surface area contributed by atoms with Crippen LogP contribution in [0.15, 0.2) is 24.5 Å². The van der Waals surface area contributed by atoms with E-state index in [1.54, 1.807) is 10.7 Å². The van der Waals surface area contributed by atoms with Crippen molar-refractivity contribution in [3.8, 4) is 0 Å². The summed E-state index contributed by atoms with van der Waals surface area (Å²) in [5.74, 6) is 0.0938. The summed E-state index contributed by atoms with van der Waals surface area (Å²) in [6, 6.07) is 4.02. The molecule has 1 N–H and O–H groups in total. The Morgan fingerprint density at radius 3 is 2.95 bits per heavy atom. The molecule has 6 nitrogen and oxygen atoms in total. The zero-order valence-corrected chi connectivity index (χ0v) is 11.2. The summed E-state index contributed by atoms with van der Waals surface area (Å²) in [7, 11) is 0. The standard InChI is InChI=1S/C13H18N4O2/c1-10(2)16(8-3-4-13(18)19)11-6-9-17-12(15-11)5-7-14-17/h5-7,9-10H,3-4,8H2,1-2H3,(H,18,19). The van der Waals surface area contributed by atoms with E-state index in [9.17, 15) is 4.79 Å². The van der Waals surface area contributed by atoms with Crippen molar-refractivity contribution in [3.63, 3.8) is 0 Å². The van der Waals surface area contributed by atoms with Gasteiger partial charge in [-0.05, 0) is 26.3 Å². The number of fused-ring (bicyclic) bond motifs is 1. The highest BCUT2D eigenvalue weighted by molar-refractivity contribution is 5.66. The number of carbonyl (C=O) groups is 1. The van der Waals surface area contributed by atoms with Gasteiger partial charge in [-0.1, -0.05) is 0 Å². The minimum atomic E-state index is -0.761. The first-order chi connectivity index (χ1) is 9.08. The third-order valence-corrected chi connectivity index (χ3v) is 2.95. The molecular weight excluding hydrogens is 244 g/mol. The number of hydrogen-bond donors (Lipinski definition) is 1. The number of aliphatic carboxylic acids is 1. The normalized spacial score (nSPS) is 11.1. The van der Waals surface area contributed by atoms with Gasteiger partial charge in [0, 0.05) is 31.3 Å². The molecule has 6 heteroatoms. The fourth-order valence-corrected chi connectivity index (χ4v) is 2.00. The maximum absolute atomic E-state index is 10.6. The number of aromatic nitrogens is 3. The first-order valence-electron chi connectivity index (χ1n) is 6.37. The van der Waals surface area contributed by atoms with E-state index in [1.807, 2.05) is 18.3 Å². The zero-order chi connectivity index (χ0) is 13.8. The molecule has 0 saturated heterocycles. The smallest absolute Gasteiger partial charge is 0.303 e. The predicted molar refractivity (Wildman–Crippen MR) is 72.3 cm³/mol. The van der Waals surface area contributed by atoms with Crippen LogP contribution in [0.5, 0.6) is 0 Å². The van der Waals surface area contributed by atoms with E-state index in [1.165, 1.54) is 0 Å². The molecule has 0 aliphatic rings. The molecule has 0 bridgehead atoms. The number of carboxylic acids is 1. The number of nitrogens with zero attached hydrogens (tertiary/aromatic N) is 4. The van der Waals surface area contributed by atoms with Gasteiger partial charge in [-0.2, -0.15) is 5.10 Å². The number of hydrogen-bond acceptors (Lipinski definition) is 4. The van der Waals surface area contributed by atoms with E-state index in [0.29, 0.717) is 13.0 Å². The number of carboxylic acid groups (broad SMARTS) is 1. The predicted octanol–water partition coefficient (Wildman–Crippen LogP) is 1.81. The van der Waals surface area contributed by atoms with Crippen LogP contribution in [-0.2, 0) is 4.79 Å². The van der Waals surface area contributed by atoms with Crippen LogP contribution in [0.4, 0.5) is 5.82 Å². The highest BCUT2D eigenvalue weighted by Gasteiger charge is 2.13. The molecule has 102 valence electrons. The van der Waals surface area contributed by atoms with E-state index >= 15 is 0 Å². The van der Waals surface area contributed by atoms with Gasteiger partial charge in [0.25, 0.3) is 0 Å². The van der Waals surface area contributed by atoms with Gasteiger partial charge in [-0.3, -0.25) is 4.79 Å². The van der Waals surface area contributed by atoms with E-state index in [2.05, 4.69) is 28.8 Å². The lowest BCUT2D eigenvalue weighted by Crippen LogP contribution is -2.32. The maximum Gasteiger partial charge on any atom is 0.303 e. The van der Waals surface area contributed by atoms with Crippen molar-refractivity contribution in [1.29, 1.82) is 0 Å². The van der Waals surface area contributed by atoms with Crippen molar-refractivity contribution in [1.82, 2.24) is 14.6 Å². The van der Waals surface area contributed by atoms with Crippen molar-refractivity contribution >= 4 is 17.4 Å². The van der Waals surface area contributed by atoms with E-state index in [4.69, 9.17) is 5.11 Å². The Kier molecular flexibility index (Phi) is 3.99. The SMILES string of the molecule is CC(C)N(CCCC(=O)O)c1ccn2nccc2n1. The van der Waals surface area contributed by atoms with Crippen molar-refractivity contribution in [2.45, 2.75) is 32.7 Å². The summed E-state index contributed by atoms with van der Waals surface area (Å²) >= 11 is 0. The second kappa shape index (κ2) is 5.69. The fourth-order valence-electron chi connectivity index (χ4n) is 2.00. The molecular formula is C13H18N4O2. The highest BCUT2D eigenvalue weighted by Crippen LogP contribution is 2.16. The van der Waals surface area contributed by atoms with Gasteiger partial charge in [0.05, 0.1) is 6.20 Å². The quantitative estimate of drug-likeness (QED) is 0.859. The third-order valence-electron chi connectivity index (χ3n) is 2.95. The first kappa shape index (κ1) is 13.3. The van der Waals surface area contributed by atoms with Gasteiger partial charge in [-0.15, -0.1) is 0 Å². The molecule has 0 amide bonds. The first-order valence-corrected chi connectivity index (χ1v) is 6.37. The van der Waals surface area contributed by atoms with Crippen LogP contribution in [0.25, 0.3) is 5.65 Å². The molecule has 0 aromatic carbocycles. The molecule has 2 rings (SSSR count). The molecule has 0 aliphatic carbocycles. The Hall–Kier alpha value is -2.11. The van der Waals surface area contributed by atoms with Crippen LogP contribution in [0.1, 0.15) is 26.7 Å². The molecule has 0 saturated carbocycles. The van der Waals surface area contributed by atoms with Crippen molar-refractivity contribution in [2.24, 2.45) is 0 Å². The second-order valence-corrected chi connectivity index (χ2v) is 4.70. The van der Waals surface area contributed by atoms with Crippen LogP contribution in [0.2, 0.25) is 0 Å². The van der Waals surface area contributed by atoms with Gasteiger partial charge < -0.3 is 10.0 Å². The lowest BCUT2D eigenvalue weighted by atomic mass is 10.2. The Morgan fingerprint density at radius 2 is 2.26 bits per heavy atom. The molecule has 0 aliphatic heterocycles. The molecule has 0 fully saturated rings. The summed E-state index contributed by atoms with van der Waals surface area (Å²) < 4.78 is 1.71. The molecule has 0 radical (unpaired) electrons. The second-order valence-electron chi connectivity index (χ2n) is 4.70. The Morgan fingerprint density at radius 1 is 1.47 bits per heavy atom. The van der Waals surface area contributed by atoms with Gasteiger partial charge >= 0.3 is 5.97 Å². The van der Waals surface area contributed by atoms with Gasteiger partial charge in [0.15, 0.2) is 5.65 Å². The monoisotopic (exact) mass is 262 g/mol. The van der Waals surface area contributed by atoms with Crippen LogP contribution < -0.4 is 4.90 Å².